The molecule has 1 heterocycles. The van der Waals surface area contributed by atoms with Crippen LogP contribution < -0.4 is 5.32 Å². The summed E-state index contributed by atoms with van der Waals surface area (Å²) in [5, 5.41) is 3.20. The number of aromatic nitrogens is 1. The highest BCUT2D eigenvalue weighted by atomic mass is 32.2. The summed E-state index contributed by atoms with van der Waals surface area (Å²) in [5.41, 5.74) is 1.32. The Labute approximate surface area is 103 Å². The maximum atomic E-state index is 4.36. The van der Waals surface area contributed by atoms with E-state index in [9.17, 15) is 0 Å². The Balaban J connectivity index is 2.26. The van der Waals surface area contributed by atoms with Gasteiger partial charge in [0.05, 0.1) is 0 Å². The Bertz CT molecular complexity index is 282. The van der Waals surface area contributed by atoms with Gasteiger partial charge < -0.3 is 5.32 Å². The first-order chi connectivity index (χ1) is 7.72. The minimum absolute atomic E-state index is 0.807. The molecular formula is C13H22N2S. The molecule has 0 aliphatic rings. The molecule has 0 aromatic carbocycles. The van der Waals surface area contributed by atoms with E-state index in [0.29, 0.717) is 0 Å². The number of nitrogens with one attached hydrogen (secondary N) is 1. The van der Waals surface area contributed by atoms with Crippen LogP contribution in [-0.2, 0) is 5.75 Å². The van der Waals surface area contributed by atoms with Crippen LogP contribution in [0.1, 0.15) is 32.8 Å². The Kier molecular flexibility index (Phi) is 6.31. The van der Waals surface area contributed by atoms with Gasteiger partial charge in [-0.2, -0.15) is 11.8 Å². The van der Waals surface area contributed by atoms with Crippen molar-refractivity contribution >= 4 is 17.6 Å². The zero-order chi connectivity index (χ0) is 11.8. The summed E-state index contributed by atoms with van der Waals surface area (Å²) in [5.74, 6) is 4.10. The molecule has 90 valence electrons. The number of anilines is 1. The summed E-state index contributed by atoms with van der Waals surface area (Å²) in [7, 11) is 0. The number of nitrogens with zero attached hydrogens (tertiary/aromatic N) is 1. The lowest BCUT2D eigenvalue weighted by Crippen LogP contribution is -1.99. The molecule has 16 heavy (non-hydrogen) atoms. The van der Waals surface area contributed by atoms with E-state index in [0.717, 1.165) is 24.0 Å². The van der Waals surface area contributed by atoms with Crippen LogP contribution in [0.2, 0.25) is 0 Å². The van der Waals surface area contributed by atoms with Crippen LogP contribution in [0, 0.1) is 5.92 Å². The first-order valence-corrected chi connectivity index (χ1v) is 7.14. The van der Waals surface area contributed by atoms with Crippen molar-refractivity contribution in [3.8, 4) is 0 Å². The summed E-state index contributed by atoms with van der Waals surface area (Å²) in [6, 6.07) is 4.22. The predicted octanol–water partition coefficient (Wildman–Crippen LogP) is 3.79. The molecule has 0 radical (unpaired) electrons. The van der Waals surface area contributed by atoms with Gasteiger partial charge >= 0.3 is 0 Å². The van der Waals surface area contributed by atoms with Crippen molar-refractivity contribution < 1.29 is 0 Å². The molecule has 0 unspecified atom stereocenters. The molecule has 2 nitrogen and oxygen atoms in total. The first-order valence-electron chi connectivity index (χ1n) is 5.99. The fraction of sp³-hybridized carbons (Fsp3) is 0.615. The van der Waals surface area contributed by atoms with Gasteiger partial charge in [0.1, 0.15) is 5.82 Å². The minimum atomic E-state index is 0.807. The van der Waals surface area contributed by atoms with Gasteiger partial charge in [0, 0.05) is 18.5 Å². The van der Waals surface area contributed by atoms with E-state index in [1.807, 2.05) is 18.0 Å². The molecule has 0 saturated carbocycles. The number of thioether (sulfide) groups is 1. The molecule has 3 heteroatoms. The smallest absolute Gasteiger partial charge is 0.125 e. The topological polar surface area (TPSA) is 24.9 Å². The average Bonchev–Trinajstić information content (AvgIpc) is 2.27. The first kappa shape index (κ1) is 13.4. The maximum absolute atomic E-state index is 4.36. The van der Waals surface area contributed by atoms with Crippen LogP contribution in [0.5, 0.6) is 0 Å². The summed E-state index contributed by atoms with van der Waals surface area (Å²) in [4.78, 5) is 4.36. The van der Waals surface area contributed by atoms with Crippen LogP contribution in [0.3, 0.4) is 0 Å². The molecule has 0 fully saturated rings. The van der Waals surface area contributed by atoms with Crippen molar-refractivity contribution in [3.63, 3.8) is 0 Å². The highest BCUT2D eigenvalue weighted by molar-refractivity contribution is 7.98. The second kappa shape index (κ2) is 7.55. The zero-order valence-electron chi connectivity index (χ0n) is 10.5. The highest BCUT2D eigenvalue weighted by Gasteiger charge is 1.97. The molecule has 1 N–H and O–H groups in total. The quantitative estimate of drug-likeness (QED) is 0.732. The van der Waals surface area contributed by atoms with E-state index in [1.54, 1.807) is 0 Å². The van der Waals surface area contributed by atoms with Crippen molar-refractivity contribution in [2.45, 2.75) is 32.9 Å². The predicted molar refractivity (Wildman–Crippen MR) is 74.0 cm³/mol. The molecule has 0 amide bonds. The van der Waals surface area contributed by atoms with Crippen LogP contribution in [0.25, 0.3) is 0 Å². The van der Waals surface area contributed by atoms with E-state index in [2.05, 4.69) is 43.2 Å². The molecule has 0 aliphatic heterocycles. The van der Waals surface area contributed by atoms with Crippen molar-refractivity contribution in [1.82, 2.24) is 4.98 Å². The van der Waals surface area contributed by atoms with Gasteiger partial charge in [-0.15, -0.1) is 0 Å². The van der Waals surface area contributed by atoms with Gasteiger partial charge in [-0.25, -0.2) is 4.98 Å². The number of rotatable bonds is 7. The normalized spacial score (nSPS) is 10.8. The Morgan fingerprint density at radius 2 is 2.19 bits per heavy atom. The summed E-state index contributed by atoms with van der Waals surface area (Å²) < 4.78 is 0. The molecule has 0 aliphatic carbocycles. The Morgan fingerprint density at radius 1 is 1.38 bits per heavy atom. The van der Waals surface area contributed by atoms with Crippen molar-refractivity contribution in [2.24, 2.45) is 5.92 Å². The number of pyridine rings is 1. The van der Waals surface area contributed by atoms with Gasteiger partial charge in [-0.05, 0) is 36.6 Å². The highest BCUT2D eigenvalue weighted by Crippen LogP contribution is 2.15. The third-order valence-electron chi connectivity index (χ3n) is 2.29. The number of hydrogen-bond acceptors (Lipinski definition) is 3. The zero-order valence-corrected chi connectivity index (χ0v) is 11.3. The van der Waals surface area contributed by atoms with Crippen LogP contribution in [0.15, 0.2) is 18.3 Å². The SMILES string of the molecule is CCNc1ccc(CSCCC(C)C)cn1. The van der Waals surface area contributed by atoms with Crippen LogP contribution >= 0.6 is 11.8 Å². The van der Waals surface area contributed by atoms with Gasteiger partial charge in [0.15, 0.2) is 0 Å². The van der Waals surface area contributed by atoms with Gasteiger partial charge in [-0.3, -0.25) is 0 Å². The van der Waals surface area contributed by atoms with E-state index in [4.69, 9.17) is 0 Å². The monoisotopic (exact) mass is 238 g/mol. The summed E-state index contributed by atoms with van der Waals surface area (Å²) in [6.07, 6.45) is 3.27. The molecule has 0 saturated heterocycles. The lowest BCUT2D eigenvalue weighted by molar-refractivity contribution is 0.632. The molecule has 0 bridgehead atoms. The van der Waals surface area contributed by atoms with E-state index in [-0.39, 0.29) is 0 Å². The fourth-order valence-corrected chi connectivity index (χ4v) is 2.49. The Hall–Kier alpha value is -0.700. The van der Waals surface area contributed by atoms with Crippen LogP contribution in [-0.4, -0.2) is 17.3 Å². The molecule has 0 atom stereocenters. The summed E-state index contributed by atoms with van der Waals surface area (Å²) in [6.45, 7) is 7.55. The largest absolute Gasteiger partial charge is 0.370 e. The standard InChI is InChI=1S/C13H22N2S/c1-4-14-13-6-5-12(9-15-13)10-16-8-7-11(2)3/h5-6,9,11H,4,7-8,10H2,1-3H3,(H,14,15). The van der Waals surface area contributed by atoms with E-state index < -0.39 is 0 Å². The third-order valence-corrected chi connectivity index (χ3v) is 3.35. The van der Waals surface area contributed by atoms with Crippen molar-refractivity contribution in [1.29, 1.82) is 0 Å². The fourth-order valence-electron chi connectivity index (χ4n) is 1.30. The van der Waals surface area contributed by atoms with Crippen molar-refractivity contribution in [3.05, 3.63) is 23.9 Å². The minimum Gasteiger partial charge on any atom is -0.370 e. The Morgan fingerprint density at radius 3 is 2.75 bits per heavy atom. The molecule has 1 aromatic rings. The van der Waals surface area contributed by atoms with Gasteiger partial charge in [0.2, 0.25) is 0 Å². The van der Waals surface area contributed by atoms with Crippen LogP contribution in [0.4, 0.5) is 5.82 Å². The second-order valence-corrected chi connectivity index (χ2v) is 5.42. The second-order valence-electron chi connectivity index (χ2n) is 4.32. The van der Waals surface area contributed by atoms with Crippen molar-refractivity contribution in [2.75, 3.05) is 17.6 Å². The molecule has 0 spiro atoms. The van der Waals surface area contributed by atoms with Gasteiger partial charge in [-0.1, -0.05) is 19.9 Å². The molecule has 1 rings (SSSR count). The molecule has 1 aromatic heterocycles. The summed E-state index contributed by atoms with van der Waals surface area (Å²) >= 11 is 1.99. The van der Waals surface area contributed by atoms with Gasteiger partial charge in [0.25, 0.3) is 0 Å². The van der Waals surface area contributed by atoms with E-state index in [1.165, 1.54) is 17.7 Å². The lowest BCUT2D eigenvalue weighted by Gasteiger charge is -2.05. The number of hydrogen-bond donors (Lipinski definition) is 1. The lowest BCUT2D eigenvalue weighted by atomic mass is 10.2. The maximum Gasteiger partial charge on any atom is 0.125 e. The van der Waals surface area contributed by atoms with E-state index >= 15 is 0 Å². The third kappa shape index (κ3) is 5.40. The average molecular weight is 238 g/mol. The molecular weight excluding hydrogens is 216 g/mol.